The van der Waals surface area contributed by atoms with Crippen molar-refractivity contribution in [1.29, 1.82) is 0 Å². The Labute approximate surface area is 110 Å². The lowest BCUT2D eigenvalue weighted by molar-refractivity contribution is -0.169. The van der Waals surface area contributed by atoms with Gasteiger partial charge in [0.25, 0.3) is 17.6 Å². The first-order chi connectivity index (χ1) is 9.18. The first-order valence-electron chi connectivity index (χ1n) is 5.59. The number of H-pyrrole nitrogens is 1. The largest absolute Gasteiger partial charge is 0.411 e. The number of nitrogens with two attached hydrogens (primary N) is 1. The molecule has 6 nitrogen and oxygen atoms in total. The van der Waals surface area contributed by atoms with E-state index in [1.54, 1.807) is 5.32 Å². The maximum Gasteiger partial charge on any atom is 0.411 e. The van der Waals surface area contributed by atoms with E-state index in [1.165, 1.54) is 6.20 Å². The van der Waals surface area contributed by atoms with Gasteiger partial charge in [-0.1, -0.05) is 0 Å². The fourth-order valence-corrected chi connectivity index (χ4v) is 1.76. The van der Waals surface area contributed by atoms with Crippen LogP contribution in [0.3, 0.4) is 0 Å². The minimum Gasteiger partial charge on any atom is -0.364 e. The summed E-state index contributed by atoms with van der Waals surface area (Å²) in [6.45, 7) is 0. The molecule has 0 aromatic carbocycles. The van der Waals surface area contributed by atoms with Gasteiger partial charge in [0.2, 0.25) is 0 Å². The van der Waals surface area contributed by atoms with Crippen LogP contribution in [0.4, 0.5) is 13.2 Å². The first kappa shape index (κ1) is 14.1. The van der Waals surface area contributed by atoms with Gasteiger partial charge in [0, 0.05) is 6.20 Å². The Morgan fingerprint density at radius 2 is 1.90 bits per heavy atom. The van der Waals surface area contributed by atoms with Crippen molar-refractivity contribution in [3.63, 3.8) is 0 Å². The second kappa shape index (κ2) is 4.36. The number of hydrogen-bond donors (Lipinski definition) is 3. The molecule has 1 fully saturated rings. The van der Waals surface area contributed by atoms with Crippen LogP contribution in [0.1, 0.15) is 33.7 Å². The number of aromatic amines is 1. The van der Waals surface area contributed by atoms with Crippen molar-refractivity contribution in [3.05, 3.63) is 23.5 Å². The van der Waals surface area contributed by atoms with E-state index in [0.717, 1.165) is 6.07 Å². The van der Waals surface area contributed by atoms with Crippen LogP contribution < -0.4 is 11.1 Å². The first-order valence-corrected chi connectivity index (χ1v) is 5.59. The Hall–Kier alpha value is -2.32. The van der Waals surface area contributed by atoms with Crippen LogP contribution in [0.2, 0.25) is 0 Å². The third kappa shape index (κ3) is 2.26. The summed E-state index contributed by atoms with van der Waals surface area (Å²) in [4.78, 5) is 36.7. The van der Waals surface area contributed by atoms with Gasteiger partial charge in [-0.05, 0) is 18.9 Å². The lowest BCUT2D eigenvalue weighted by atomic mass is 10.1. The maximum absolute atomic E-state index is 12.7. The van der Waals surface area contributed by atoms with Gasteiger partial charge >= 0.3 is 6.18 Å². The topological polar surface area (TPSA) is 105 Å². The highest BCUT2D eigenvalue weighted by Crippen LogP contribution is 2.48. The predicted molar refractivity (Wildman–Crippen MR) is 59.8 cm³/mol. The van der Waals surface area contributed by atoms with Crippen LogP contribution >= 0.6 is 0 Å². The van der Waals surface area contributed by atoms with Crippen molar-refractivity contribution in [2.75, 3.05) is 0 Å². The fourth-order valence-electron chi connectivity index (χ4n) is 1.76. The highest BCUT2D eigenvalue weighted by Gasteiger charge is 2.64. The minimum atomic E-state index is -4.62. The number of carbonyl (C=O) groups is 3. The molecule has 0 atom stereocenters. The second-order valence-electron chi connectivity index (χ2n) is 4.49. The molecule has 108 valence electrons. The summed E-state index contributed by atoms with van der Waals surface area (Å²) < 4.78 is 38.0. The zero-order chi connectivity index (χ0) is 15.1. The number of aromatic nitrogens is 1. The van der Waals surface area contributed by atoms with E-state index in [0.29, 0.717) is 0 Å². The minimum absolute atomic E-state index is 0.272. The van der Waals surface area contributed by atoms with Crippen LogP contribution in [0.5, 0.6) is 0 Å². The third-order valence-electron chi connectivity index (χ3n) is 3.09. The molecule has 0 aliphatic heterocycles. The predicted octanol–water partition coefficient (Wildman–Crippen LogP) is 0.507. The van der Waals surface area contributed by atoms with Crippen molar-refractivity contribution < 1.29 is 27.6 Å². The van der Waals surface area contributed by atoms with E-state index in [9.17, 15) is 27.6 Å². The van der Waals surface area contributed by atoms with E-state index >= 15 is 0 Å². The number of carbonyl (C=O) groups excluding carboxylic acids is 3. The molecular formula is C11H10F3N3O3. The van der Waals surface area contributed by atoms with Gasteiger partial charge in [0.1, 0.15) is 11.2 Å². The van der Waals surface area contributed by atoms with E-state index < -0.39 is 29.3 Å². The van der Waals surface area contributed by atoms with Crippen molar-refractivity contribution in [2.24, 2.45) is 5.73 Å². The molecular weight excluding hydrogens is 279 g/mol. The standard InChI is InChI=1S/C11H10F3N3O3/c12-11(13,14)10(2-3-10)17-9(20)7(18)5-1-4-16-6(5)8(15)19/h1,4,16H,2-3H2,(H2,15,19)(H,17,20). The smallest absolute Gasteiger partial charge is 0.364 e. The average molecular weight is 289 g/mol. The highest BCUT2D eigenvalue weighted by atomic mass is 19.4. The molecule has 4 N–H and O–H groups in total. The SMILES string of the molecule is NC(=O)c1[nH]ccc1C(=O)C(=O)NC1(C(F)(F)F)CC1. The molecule has 2 amide bonds. The highest BCUT2D eigenvalue weighted by molar-refractivity contribution is 6.44. The number of halogens is 3. The fraction of sp³-hybridized carbons (Fsp3) is 0.364. The zero-order valence-electron chi connectivity index (χ0n) is 10.0. The molecule has 0 saturated heterocycles. The summed E-state index contributed by atoms with van der Waals surface area (Å²) in [7, 11) is 0. The van der Waals surface area contributed by atoms with Gasteiger partial charge in [0.05, 0.1) is 5.56 Å². The van der Waals surface area contributed by atoms with Crippen molar-refractivity contribution in [1.82, 2.24) is 10.3 Å². The summed E-state index contributed by atoms with van der Waals surface area (Å²) >= 11 is 0. The van der Waals surface area contributed by atoms with Crippen molar-refractivity contribution in [3.8, 4) is 0 Å². The Bertz CT molecular complexity index is 587. The van der Waals surface area contributed by atoms with Gasteiger partial charge in [-0.3, -0.25) is 14.4 Å². The molecule has 2 rings (SSSR count). The monoisotopic (exact) mass is 289 g/mol. The third-order valence-corrected chi connectivity index (χ3v) is 3.09. The van der Waals surface area contributed by atoms with E-state index in [4.69, 9.17) is 5.73 Å². The number of amides is 2. The maximum atomic E-state index is 12.7. The molecule has 1 aromatic rings. The number of primary amides is 1. The van der Waals surface area contributed by atoms with Crippen LogP contribution in [0.25, 0.3) is 0 Å². The number of alkyl halides is 3. The normalized spacial score (nSPS) is 16.6. The molecule has 1 aromatic heterocycles. The summed E-state index contributed by atoms with van der Waals surface area (Å²) in [5, 5.41) is 1.68. The van der Waals surface area contributed by atoms with E-state index in [2.05, 4.69) is 4.98 Å². The molecule has 0 spiro atoms. The van der Waals surface area contributed by atoms with E-state index in [-0.39, 0.29) is 24.1 Å². The zero-order valence-corrected chi connectivity index (χ0v) is 10.0. The quantitative estimate of drug-likeness (QED) is 0.555. The number of rotatable bonds is 4. The Balaban J connectivity index is 2.16. The molecule has 20 heavy (non-hydrogen) atoms. The molecule has 1 aliphatic carbocycles. The molecule has 1 aliphatic rings. The van der Waals surface area contributed by atoms with Gasteiger partial charge < -0.3 is 16.0 Å². The molecule has 9 heteroatoms. The van der Waals surface area contributed by atoms with Crippen LogP contribution in [-0.2, 0) is 4.79 Å². The molecule has 0 unspecified atom stereocenters. The lowest BCUT2D eigenvalue weighted by Crippen LogP contribution is -2.50. The number of nitrogens with one attached hydrogen (secondary N) is 2. The van der Waals surface area contributed by atoms with Gasteiger partial charge in [0.15, 0.2) is 0 Å². The number of Topliss-reactive ketones (excluding diaryl/α,β-unsaturated/α-hetero) is 1. The Morgan fingerprint density at radius 3 is 2.35 bits per heavy atom. The molecule has 0 bridgehead atoms. The Kier molecular flexibility index (Phi) is 3.07. The van der Waals surface area contributed by atoms with Crippen LogP contribution in [-0.4, -0.2) is 34.3 Å². The number of ketones is 1. The van der Waals surface area contributed by atoms with E-state index in [1.807, 2.05) is 0 Å². The van der Waals surface area contributed by atoms with Crippen molar-refractivity contribution in [2.45, 2.75) is 24.6 Å². The summed E-state index contributed by atoms with van der Waals surface area (Å²) in [6.07, 6.45) is -3.97. The second-order valence-corrected chi connectivity index (χ2v) is 4.49. The molecule has 0 radical (unpaired) electrons. The van der Waals surface area contributed by atoms with Crippen LogP contribution in [0.15, 0.2) is 12.3 Å². The molecule has 1 heterocycles. The summed E-state index contributed by atoms with van der Waals surface area (Å²) in [5.41, 5.74) is 1.97. The van der Waals surface area contributed by atoms with Gasteiger partial charge in [-0.15, -0.1) is 0 Å². The van der Waals surface area contributed by atoms with Gasteiger partial charge in [-0.25, -0.2) is 0 Å². The molecule has 1 saturated carbocycles. The average Bonchev–Trinajstić information content (AvgIpc) is 2.95. The van der Waals surface area contributed by atoms with Gasteiger partial charge in [-0.2, -0.15) is 13.2 Å². The lowest BCUT2D eigenvalue weighted by Gasteiger charge is -2.20. The van der Waals surface area contributed by atoms with Crippen LogP contribution in [0, 0.1) is 0 Å². The van der Waals surface area contributed by atoms with Crippen molar-refractivity contribution >= 4 is 17.6 Å². The Morgan fingerprint density at radius 1 is 1.30 bits per heavy atom. The summed E-state index contributed by atoms with van der Waals surface area (Å²) in [6, 6.07) is 1.11. The summed E-state index contributed by atoms with van der Waals surface area (Å²) in [5.74, 6) is -3.64. The number of hydrogen-bond acceptors (Lipinski definition) is 3.